The number of hydrogen-bond acceptors (Lipinski definition) is 2. The van der Waals surface area contributed by atoms with Gasteiger partial charge in [-0.15, -0.1) is 0 Å². The van der Waals surface area contributed by atoms with E-state index in [-0.39, 0.29) is 11.4 Å². The monoisotopic (exact) mass is 250 g/mol. The van der Waals surface area contributed by atoms with Crippen LogP contribution in [0.4, 0.5) is 0 Å². The Bertz CT molecular complexity index is 376. The normalized spacial score (nSPS) is 32.8. The van der Waals surface area contributed by atoms with E-state index in [9.17, 15) is 4.79 Å². The minimum absolute atomic E-state index is 0.0488. The van der Waals surface area contributed by atoms with Crippen molar-refractivity contribution in [3.63, 3.8) is 0 Å². The number of ketones is 1. The number of carbonyl (C=O) groups is 1. The molecule has 1 spiro atoms. The van der Waals surface area contributed by atoms with E-state index in [0.29, 0.717) is 5.41 Å². The van der Waals surface area contributed by atoms with Crippen molar-refractivity contribution in [1.29, 1.82) is 0 Å². The summed E-state index contributed by atoms with van der Waals surface area (Å²) in [6.07, 6.45) is 5.49. The Morgan fingerprint density at radius 1 is 1.28 bits per heavy atom. The van der Waals surface area contributed by atoms with Crippen LogP contribution in [-0.4, -0.2) is 11.4 Å². The molecule has 1 saturated carbocycles. The Labute approximate surface area is 111 Å². The predicted octanol–water partition coefficient (Wildman–Crippen LogP) is 4.24. The van der Waals surface area contributed by atoms with Crippen molar-refractivity contribution >= 4 is 5.78 Å². The van der Waals surface area contributed by atoms with Crippen LogP contribution in [0, 0.1) is 11.3 Å². The number of Topliss-reactive ketones (excluding diaryl/α,β-unsaturated/α-hetero) is 1. The van der Waals surface area contributed by atoms with Crippen molar-refractivity contribution in [3.05, 3.63) is 11.3 Å². The molecule has 2 heteroatoms. The molecule has 0 aromatic rings. The molecule has 1 aliphatic carbocycles. The molecule has 18 heavy (non-hydrogen) atoms. The molecule has 1 aliphatic heterocycles. The van der Waals surface area contributed by atoms with E-state index in [1.165, 1.54) is 12.8 Å². The second-order valence-electron chi connectivity index (χ2n) is 7.19. The van der Waals surface area contributed by atoms with Crippen LogP contribution in [-0.2, 0) is 9.53 Å². The Morgan fingerprint density at radius 3 is 2.22 bits per heavy atom. The molecule has 0 atom stereocenters. The summed E-state index contributed by atoms with van der Waals surface area (Å²) < 4.78 is 6.08. The molecular formula is C16H26O2. The zero-order valence-electron chi connectivity index (χ0n) is 12.4. The molecule has 0 radical (unpaired) electrons. The van der Waals surface area contributed by atoms with Crippen LogP contribution in [0.25, 0.3) is 0 Å². The lowest BCUT2D eigenvalue weighted by Crippen LogP contribution is -2.37. The average molecular weight is 250 g/mol. The van der Waals surface area contributed by atoms with Gasteiger partial charge in [0.25, 0.3) is 0 Å². The lowest BCUT2D eigenvalue weighted by Gasteiger charge is -2.42. The first-order valence-electron chi connectivity index (χ1n) is 7.13. The smallest absolute Gasteiger partial charge is 0.159 e. The molecule has 0 unspecified atom stereocenters. The number of rotatable bonds is 1. The van der Waals surface area contributed by atoms with Gasteiger partial charge in [0.2, 0.25) is 0 Å². The third-order valence-corrected chi connectivity index (χ3v) is 4.84. The molecule has 2 aliphatic rings. The molecule has 102 valence electrons. The van der Waals surface area contributed by atoms with Crippen LogP contribution in [0.5, 0.6) is 0 Å². The zero-order valence-corrected chi connectivity index (χ0v) is 12.4. The van der Waals surface area contributed by atoms with E-state index < -0.39 is 0 Å². The van der Waals surface area contributed by atoms with Gasteiger partial charge in [0, 0.05) is 12.0 Å². The van der Waals surface area contributed by atoms with Gasteiger partial charge >= 0.3 is 0 Å². The second kappa shape index (κ2) is 4.40. The number of hydrogen-bond donors (Lipinski definition) is 0. The standard InChI is InChI=1S/C16H26O2/c1-11(17)14-10-16(18-12(14)2)8-6-13(7-9-16)15(3,4)5/h13H,6-10H2,1-5H3. The van der Waals surface area contributed by atoms with Crippen molar-refractivity contribution in [2.24, 2.45) is 11.3 Å². The van der Waals surface area contributed by atoms with Crippen molar-refractivity contribution in [2.75, 3.05) is 0 Å². The van der Waals surface area contributed by atoms with Crippen molar-refractivity contribution in [1.82, 2.24) is 0 Å². The molecule has 0 amide bonds. The van der Waals surface area contributed by atoms with Gasteiger partial charge in [0.05, 0.1) is 0 Å². The summed E-state index contributed by atoms with van der Waals surface area (Å²) >= 11 is 0. The molecule has 0 aromatic carbocycles. The fraction of sp³-hybridized carbons (Fsp3) is 0.812. The van der Waals surface area contributed by atoms with Crippen molar-refractivity contribution in [2.45, 2.75) is 72.3 Å². The second-order valence-corrected chi connectivity index (χ2v) is 7.19. The van der Waals surface area contributed by atoms with E-state index in [4.69, 9.17) is 4.74 Å². The Balaban J connectivity index is 2.02. The largest absolute Gasteiger partial charge is 0.491 e. The summed E-state index contributed by atoms with van der Waals surface area (Å²) in [4.78, 5) is 11.6. The minimum atomic E-state index is -0.0488. The maximum atomic E-state index is 11.6. The Kier molecular flexibility index (Phi) is 3.33. The topological polar surface area (TPSA) is 26.3 Å². The van der Waals surface area contributed by atoms with Gasteiger partial charge in [-0.1, -0.05) is 20.8 Å². The highest BCUT2D eigenvalue weighted by atomic mass is 16.5. The highest BCUT2D eigenvalue weighted by Gasteiger charge is 2.45. The van der Waals surface area contributed by atoms with Crippen LogP contribution in [0.1, 0.15) is 66.7 Å². The summed E-state index contributed by atoms with van der Waals surface area (Å²) in [7, 11) is 0. The quantitative estimate of drug-likeness (QED) is 0.695. The van der Waals surface area contributed by atoms with Gasteiger partial charge < -0.3 is 4.74 Å². The van der Waals surface area contributed by atoms with Crippen LogP contribution in [0.15, 0.2) is 11.3 Å². The summed E-state index contributed by atoms with van der Waals surface area (Å²) in [5, 5.41) is 0. The van der Waals surface area contributed by atoms with E-state index in [0.717, 1.165) is 36.5 Å². The minimum Gasteiger partial charge on any atom is -0.491 e. The van der Waals surface area contributed by atoms with Gasteiger partial charge in [0.1, 0.15) is 11.4 Å². The first kappa shape index (κ1) is 13.6. The molecule has 1 fully saturated rings. The van der Waals surface area contributed by atoms with E-state index in [1.807, 2.05) is 6.92 Å². The number of allylic oxidation sites excluding steroid dienone is 1. The van der Waals surface area contributed by atoms with Gasteiger partial charge in [-0.25, -0.2) is 0 Å². The predicted molar refractivity (Wildman–Crippen MR) is 73.2 cm³/mol. The Hall–Kier alpha value is -0.790. The number of ether oxygens (including phenoxy) is 1. The molecule has 0 bridgehead atoms. The molecular weight excluding hydrogens is 224 g/mol. The molecule has 0 saturated heterocycles. The van der Waals surface area contributed by atoms with Gasteiger partial charge in [0.15, 0.2) is 5.78 Å². The summed E-state index contributed by atoms with van der Waals surface area (Å²) in [5.41, 5.74) is 1.27. The molecule has 2 nitrogen and oxygen atoms in total. The fourth-order valence-electron chi connectivity index (χ4n) is 3.53. The molecule has 1 heterocycles. The summed E-state index contributed by atoms with van der Waals surface area (Å²) in [6.45, 7) is 10.6. The highest BCUT2D eigenvalue weighted by molar-refractivity contribution is 5.94. The maximum Gasteiger partial charge on any atom is 0.159 e. The average Bonchev–Trinajstić information content (AvgIpc) is 2.55. The van der Waals surface area contributed by atoms with Crippen LogP contribution in [0.3, 0.4) is 0 Å². The molecule has 0 N–H and O–H groups in total. The van der Waals surface area contributed by atoms with Crippen LogP contribution in [0.2, 0.25) is 0 Å². The van der Waals surface area contributed by atoms with Crippen molar-refractivity contribution in [3.8, 4) is 0 Å². The lowest BCUT2D eigenvalue weighted by molar-refractivity contribution is -0.113. The third kappa shape index (κ3) is 2.48. The lowest BCUT2D eigenvalue weighted by atomic mass is 9.67. The van der Waals surface area contributed by atoms with Crippen molar-refractivity contribution < 1.29 is 9.53 Å². The van der Waals surface area contributed by atoms with E-state index in [2.05, 4.69) is 20.8 Å². The van der Waals surface area contributed by atoms with E-state index in [1.54, 1.807) is 6.92 Å². The van der Waals surface area contributed by atoms with Crippen LogP contribution < -0.4 is 0 Å². The fourth-order valence-corrected chi connectivity index (χ4v) is 3.53. The number of carbonyl (C=O) groups excluding carboxylic acids is 1. The Morgan fingerprint density at radius 2 is 1.83 bits per heavy atom. The molecule has 2 rings (SSSR count). The SMILES string of the molecule is CC(=O)C1=C(C)OC2(CCC(C(C)(C)C)CC2)C1. The maximum absolute atomic E-state index is 11.6. The third-order valence-electron chi connectivity index (χ3n) is 4.84. The van der Waals surface area contributed by atoms with Crippen LogP contribution >= 0.6 is 0 Å². The highest BCUT2D eigenvalue weighted by Crippen LogP contribution is 2.48. The van der Waals surface area contributed by atoms with Gasteiger partial charge in [-0.05, 0) is 50.9 Å². The summed E-state index contributed by atoms with van der Waals surface area (Å²) in [5.74, 6) is 1.84. The first-order chi connectivity index (χ1) is 8.23. The van der Waals surface area contributed by atoms with Gasteiger partial charge in [-0.3, -0.25) is 4.79 Å². The zero-order chi connectivity index (χ0) is 13.6. The summed E-state index contributed by atoms with van der Waals surface area (Å²) in [6, 6.07) is 0. The van der Waals surface area contributed by atoms with E-state index >= 15 is 0 Å². The first-order valence-corrected chi connectivity index (χ1v) is 7.13. The molecule has 0 aromatic heterocycles. The van der Waals surface area contributed by atoms with Gasteiger partial charge in [-0.2, -0.15) is 0 Å².